The van der Waals surface area contributed by atoms with Crippen LogP contribution in [0, 0.1) is 0 Å². The molecule has 0 aromatic carbocycles. The van der Waals surface area contributed by atoms with E-state index in [0.29, 0.717) is 0 Å². The SMILES string of the molecule is CCNCc1nnc(-c2sccc2Cl)s1. The fourth-order valence-electron chi connectivity index (χ4n) is 1.10. The van der Waals surface area contributed by atoms with Gasteiger partial charge in [-0.25, -0.2) is 0 Å². The molecular formula is C9H10ClN3S2. The lowest BCUT2D eigenvalue weighted by molar-refractivity contribution is 0.715. The van der Waals surface area contributed by atoms with E-state index in [-0.39, 0.29) is 0 Å². The quantitative estimate of drug-likeness (QED) is 0.917. The van der Waals surface area contributed by atoms with Crippen molar-refractivity contribution in [2.45, 2.75) is 13.5 Å². The fraction of sp³-hybridized carbons (Fsp3) is 0.333. The number of hydrogen-bond donors (Lipinski definition) is 1. The van der Waals surface area contributed by atoms with Crippen molar-refractivity contribution in [2.75, 3.05) is 6.54 Å². The van der Waals surface area contributed by atoms with Crippen molar-refractivity contribution in [3.63, 3.8) is 0 Å². The summed E-state index contributed by atoms with van der Waals surface area (Å²) in [7, 11) is 0. The topological polar surface area (TPSA) is 37.8 Å². The normalized spacial score (nSPS) is 10.8. The maximum atomic E-state index is 6.02. The Labute approximate surface area is 101 Å². The number of rotatable bonds is 4. The smallest absolute Gasteiger partial charge is 0.159 e. The van der Waals surface area contributed by atoms with Crippen LogP contribution in [-0.2, 0) is 6.54 Å². The summed E-state index contributed by atoms with van der Waals surface area (Å²) >= 11 is 9.20. The van der Waals surface area contributed by atoms with Crippen LogP contribution in [-0.4, -0.2) is 16.7 Å². The van der Waals surface area contributed by atoms with Crippen LogP contribution in [0.2, 0.25) is 5.02 Å². The van der Waals surface area contributed by atoms with E-state index in [1.54, 1.807) is 22.7 Å². The van der Waals surface area contributed by atoms with E-state index in [1.807, 2.05) is 11.4 Å². The molecule has 0 bridgehead atoms. The molecule has 0 fully saturated rings. The van der Waals surface area contributed by atoms with Gasteiger partial charge in [-0.15, -0.1) is 21.5 Å². The predicted octanol–water partition coefficient (Wildman–Crippen LogP) is 3.03. The third-order valence-electron chi connectivity index (χ3n) is 1.80. The van der Waals surface area contributed by atoms with E-state index in [1.165, 1.54) is 0 Å². The van der Waals surface area contributed by atoms with Gasteiger partial charge < -0.3 is 5.32 Å². The molecule has 0 saturated carbocycles. The van der Waals surface area contributed by atoms with Gasteiger partial charge in [0.1, 0.15) is 5.01 Å². The summed E-state index contributed by atoms with van der Waals surface area (Å²) in [6.07, 6.45) is 0. The molecule has 0 amide bonds. The molecule has 0 spiro atoms. The highest BCUT2D eigenvalue weighted by molar-refractivity contribution is 7.21. The minimum absolute atomic E-state index is 0.756. The first-order valence-electron chi connectivity index (χ1n) is 4.57. The van der Waals surface area contributed by atoms with Crippen molar-refractivity contribution in [1.29, 1.82) is 0 Å². The van der Waals surface area contributed by atoms with E-state index in [4.69, 9.17) is 11.6 Å². The molecule has 2 aromatic rings. The Balaban J connectivity index is 2.17. The van der Waals surface area contributed by atoms with Gasteiger partial charge in [0.05, 0.1) is 9.90 Å². The molecular weight excluding hydrogens is 250 g/mol. The molecule has 0 saturated heterocycles. The zero-order valence-corrected chi connectivity index (χ0v) is 10.5. The zero-order valence-electron chi connectivity index (χ0n) is 8.16. The summed E-state index contributed by atoms with van der Waals surface area (Å²) in [6, 6.07) is 1.88. The van der Waals surface area contributed by atoms with Crippen LogP contribution in [0.3, 0.4) is 0 Å². The Morgan fingerprint density at radius 3 is 3.00 bits per heavy atom. The molecule has 6 heteroatoms. The predicted molar refractivity (Wildman–Crippen MR) is 65.6 cm³/mol. The lowest BCUT2D eigenvalue weighted by Gasteiger charge is -1.93. The molecule has 2 rings (SSSR count). The second-order valence-electron chi connectivity index (χ2n) is 2.88. The molecule has 2 aromatic heterocycles. The average Bonchev–Trinajstić information content (AvgIpc) is 2.83. The molecule has 0 aliphatic heterocycles. The van der Waals surface area contributed by atoms with Crippen molar-refractivity contribution in [3.8, 4) is 9.88 Å². The van der Waals surface area contributed by atoms with Gasteiger partial charge in [-0.2, -0.15) is 0 Å². The summed E-state index contributed by atoms with van der Waals surface area (Å²) in [6.45, 7) is 3.78. The van der Waals surface area contributed by atoms with Crippen LogP contribution in [0.25, 0.3) is 9.88 Å². The first-order valence-corrected chi connectivity index (χ1v) is 6.65. The van der Waals surface area contributed by atoms with E-state index >= 15 is 0 Å². The fourth-order valence-corrected chi connectivity index (χ4v) is 3.21. The van der Waals surface area contributed by atoms with Crippen molar-refractivity contribution in [1.82, 2.24) is 15.5 Å². The summed E-state index contributed by atoms with van der Waals surface area (Å²) in [5.41, 5.74) is 0. The molecule has 0 atom stereocenters. The highest BCUT2D eigenvalue weighted by atomic mass is 35.5. The van der Waals surface area contributed by atoms with Gasteiger partial charge in [0.2, 0.25) is 0 Å². The molecule has 0 unspecified atom stereocenters. The summed E-state index contributed by atoms with van der Waals surface area (Å²) in [5.74, 6) is 0. The molecule has 1 N–H and O–H groups in total. The maximum absolute atomic E-state index is 6.02. The zero-order chi connectivity index (χ0) is 10.7. The lowest BCUT2D eigenvalue weighted by Crippen LogP contribution is -2.11. The third-order valence-corrected chi connectivity index (χ3v) is 4.22. The second-order valence-corrected chi connectivity index (χ2v) is 5.26. The number of aromatic nitrogens is 2. The molecule has 0 radical (unpaired) electrons. The molecule has 2 heterocycles. The van der Waals surface area contributed by atoms with Crippen LogP contribution < -0.4 is 5.32 Å². The molecule has 0 aliphatic carbocycles. The Kier molecular flexibility index (Phi) is 3.69. The first kappa shape index (κ1) is 11.0. The van der Waals surface area contributed by atoms with Crippen molar-refractivity contribution < 1.29 is 0 Å². The van der Waals surface area contributed by atoms with Gasteiger partial charge in [0.25, 0.3) is 0 Å². The average molecular weight is 260 g/mol. The van der Waals surface area contributed by atoms with Crippen LogP contribution in [0.15, 0.2) is 11.4 Å². The maximum Gasteiger partial charge on any atom is 0.159 e. The van der Waals surface area contributed by atoms with Crippen molar-refractivity contribution in [3.05, 3.63) is 21.5 Å². The van der Waals surface area contributed by atoms with Gasteiger partial charge >= 0.3 is 0 Å². The molecule has 15 heavy (non-hydrogen) atoms. The number of hydrogen-bond acceptors (Lipinski definition) is 5. The van der Waals surface area contributed by atoms with Gasteiger partial charge in [-0.3, -0.25) is 0 Å². The number of halogens is 1. The Hall–Kier alpha value is -0.490. The van der Waals surface area contributed by atoms with E-state index in [2.05, 4.69) is 22.4 Å². The lowest BCUT2D eigenvalue weighted by atomic mass is 10.5. The van der Waals surface area contributed by atoms with Crippen LogP contribution in [0.5, 0.6) is 0 Å². The Bertz CT molecular complexity index is 438. The summed E-state index contributed by atoms with van der Waals surface area (Å²) < 4.78 is 0. The van der Waals surface area contributed by atoms with Crippen molar-refractivity contribution in [2.24, 2.45) is 0 Å². The van der Waals surface area contributed by atoms with Crippen LogP contribution >= 0.6 is 34.3 Å². The largest absolute Gasteiger partial charge is 0.311 e. The summed E-state index contributed by atoms with van der Waals surface area (Å²) in [5, 5.41) is 16.1. The van der Waals surface area contributed by atoms with E-state index in [9.17, 15) is 0 Å². The third kappa shape index (κ3) is 2.55. The second kappa shape index (κ2) is 5.03. The van der Waals surface area contributed by atoms with Gasteiger partial charge in [-0.05, 0) is 18.0 Å². The molecule has 0 aliphatic rings. The number of nitrogens with zero attached hydrogens (tertiary/aromatic N) is 2. The highest BCUT2D eigenvalue weighted by Crippen LogP contribution is 2.34. The first-order chi connectivity index (χ1) is 7.31. The monoisotopic (exact) mass is 259 g/mol. The Morgan fingerprint density at radius 2 is 2.33 bits per heavy atom. The Morgan fingerprint density at radius 1 is 1.47 bits per heavy atom. The number of nitrogens with one attached hydrogen (secondary N) is 1. The van der Waals surface area contributed by atoms with E-state index < -0.39 is 0 Å². The van der Waals surface area contributed by atoms with Gasteiger partial charge in [0.15, 0.2) is 5.01 Å². The van der Waals surface area contributed by atoms with Gasteiger partial charge in [-0.1, -0.05) is 29.9 Å². The molecule has 3 nitrogen and oxygen atoms in total. The van der Waals surface area contributed by atoms with Crippen LogP contribution in [0.4, 0.5) is 0 Å². The standard InChI is InChI=1S/C9H10ClN3S2/c1-2-11-5-7-12-13-9(15-7)8-6(10)3-4-14-8/h3-4,11H,2,5H2,1H3. The van der Waals surface area contributed by atoms with Crippen LogP contribution in [0.1, 0.15) is 11.9 Å². The minimum Gasteiger partial charge on any atom is -0.311 e. The molecule has 80 valence electrons. The van der Waals surface area contributed by atoms with Crippen molar-refractivity contribution >= 4 is 34.3 Å². The van der Waals surface area contributed by atoms with E-state index in [0.717, 1.165) is 33.0 Å². The summed E-state index contributed by atoms with van der Waals surface area (Å²) in [4.78, 5) is 1.01. The van der Waals surface area contributed by atoms with Gasteiger partial charge in [0, 0.05) is 6.54 Å². The minimum atomic E-state index is 0.756. The number of thiophene rings is 1. The highest BCUT2D eigenvalue weighted by Gasteiger charge is 2.10.